The van der Waals surface area contributed by atoms with Crippen molar-refractivity contribution in [3.63, 3.8) is 0 Å². The van der Waals surface area contributed by atoms with E-state index in [0.717, 1.165) is 18.4 Å². The average molecular weight is 317 g/mol. The number of nitro groups is 1. The zero-order chi connectivity index (χ0) is 16.2. The van der Waals surface area contributed by atoms with Crippen molar-refractivity contribution in [1.82, 2.24) is 14.5 Å². The van der Waals surface area contributed by atoms with Gasteiger partial charge >= 0.3 is 5.82 Å². The minimum Gasteiger partial charge on any atom is -0.474 e. The molecule has 2 aromatic heterocycles. The van der Waals surface area contributed by atoms with Crippen LogP contribution in [0.3, 0.4) is 0 Å². The molecule has 0 radical (unpaired) electrons. The number of nitrogens with one attached hydrogen (secondary N) is 1. The Morgan fingerprint density at radius 3 is 2.96 bits per heavy atom. The van der Waals surface area contributed by atoms with Crippen molar-refractivity contribution in [2.75, 3.05) is 5.32 Å². The van der Waals surface area contributed by atoms with Crippen molar-refractivity contribution in [2.45, 2.75) is 38.3 Å². The summed E-state index contributed by atoms with van der Waals surface area (Å²) in [7, 11) is 1.71. The zero-order valence-electron chi connectivity index (χ0n) is 12.9. The summed E-state index contributed by atoms with van der Waals surface area (Å²) in [6.07, 6.45) is 7.81. The van der Waals surface area contributed by atoms with Crippen LogP contribution in [0.5, 0.6) is 5.88 Å². The van der Waals surface area contributed by atoms with Crippen LogP contribution in [0.15, 0.2) is 24.7 Å². The van der Waals surface area contributed by atoms with Crippen LogP contribution in [0.4, 0.5) is 11.6 Å². The summed E-state index contributed by atoms with van der Waals surface area (Å²) in [4.78, 5) is 18.6. The van der Waals surface area contributed by atoms with E-state index in [1.165, 1.54) is 19.2 Å². The molecule has 0 atom stereocenters. The second-order valence-electron chi connectivity index (χ2n) is 5.63. The van der Waals surface area contributed by atoms with E-state index in [1.807, 2.05) is 12.1 Å². The maximum atomic E-state index is 11.0. The molecule has 23 heavy (non-hydrogen) atoms. The van der Waals surface area contributed by atoms with E-state index in [0.29, 0.717) is 18.2 Å². The summed E-state index contributed by atoms with van der Waals surface area (Å²) in [5, 5.41) is 14.1. The summed E-state index contributed by atoms with van der Waals surface area (Å²) in [5.41, 5.74) is 0.870. The monoisotopic (exact) mass is 317 g/mol. The molecule has 2 aromatic rings. The van der Waals surface area contributed by atoms with Gasteiger partial charge in [-0.05, 0) is 41.7 Å². The number of aryl methyl sites for hydroxylation is 1. The lowest BCUT2D eigenvalue weighted by Gasteiger charge is -2.15. The van der Waals surface area contributed by atoms with Gasteiger partial charge in [-0.3, -0.25) is 4.57 Å². The summed E-state index contributed by atoms with van der Waals surface area (Å²) in [6.45, 7) is 0.385. The zero-order valence-corrected chi connectivity index (χ0v) is 12.9. The van der Waals surface area contributed by atoms with Crippen LogP contribution in [-0.4, -0.2) is 25.6 Å². The SMILES string of the molecule is Cn1cnc([N+](=O)[O-])c1NCc1cccnc1OC1CCCC1. The molecule has 0 amide bonds. The Kier molecular flexibility index (Phi) is 4.40. The van der Waals surface area contributed by atoms with Crippen molar-refractivity contribution in [2.24, 2.45) is 7.05 Å². The fourth-order valence-corrected chi connectivity index (χ4v) is 2.76. The van der Waals surface area contributed by atoms with E-state index >= 15 is 0 Å². The van der Waals surface area contributed by atoms with Gasteiger partial charge in [0.15, 0.2) is 0 Å². The third-order valence-electron chi connectivity index (χ3n) is 3.97. The van der Waals surface area contributed by atoms with Gasteiger partial charge in [-0.1, -0.05) is 6.07 Å². The third kappa shape index (κ3) is 3.41. The molecule has 2 heterocycles. The highest BCUT2D eigenvalue weighted by Crippen LogP contribution is 2.26. The topological polar surface area (TPSA) is 95.1 Å². The smallest absolute Gasteiger partial charge is 0.406 e. The molecule has 8 nitrogen and oxygen atoms in total. The minimum atomic E-state index is -0.498. The van der Waals surface area contributed by atoms with Crippen LogP contribution < -0.4 is 10.1 Å². The third-order valence-corrected chi connectivity index (χ3v) is 3.97. The van der Waals surface area contributed by atoms with Gasteiger partial charge in [-0.25, -0.2) is 4.98 Å². The number of anilines is 1. The number of pyridine rings is 1. The van der Waals surface area contributed by atoms with Gasteiger partial charge in [-0.15, -0.1) is 0 Å². The summed E-state index contributed by atoms with van der Waals surface area (Å²) < 4.78 is 7.57. The van der Waals surface area contributed by atoms with Gasteiger partial charge in [0, 0.05) is 25.4 Å². The Morgan fingerprint density at radius 2 is 2.22 bits per heavy atom. The first-order chi connectivity index (χ1) is 11.1. The summed E-state index contributed by atoms with van der Waals surface area (Å²) in [6, 6.07) is 3.74. The maximum absolute atomic E-state index is 11.0. The Labute approximate surface area is 133 Å². The standard InChI is InChI=1S/C15H19N5O3/c1-19-10-18-14(20(21)22)13(19)17-9-11-5-4-8-16-15(11)23-12-6-2-3-7-12/h4-5,8,10,12,17H,2-3,6-7,9H2,1H3. The van der Waals surface area contributed by atoms with Gasteiger partial charge < -0.3 is 20.2 Å². The van der Waals surface area contributed by atoms with Gasteiger partial charge in [0.1, 0.15) is 6.10 Å². The van der Waals surface area contributed by atoms with Gasteiger partial charge in [-0.2, -0.15) is 0 Å². The summed E-state index contributed by atoms with van der Waals surface area (Å²) >= 11 is 0. The van der Waals surface area contributed by atoms with E-state index in [1.54, 1.807) is 17.8 Å². The number of rotatable bonds is 6. The molecule has 1 fully saturated rings. The highest BCUT2D eigenvalue weighted by atomic mass is 16.6. The highest BCUT2D eigenvalue weighted by Gasteiger charge is 2.21. The van der Waals surface area contributed by atoms with Gasteiger partial charge in [0.05, 0.1) is 0 Å². The van der Waals surface area contributed by atoms with Gasteiger partial charge in [0.2, 0.25) is 18.0 Å². The largest absolute Gasteiger partial charge is 0.474 e. The first-order valence-electron chi connectivity index (χ1n) is 7.65. The Hall–Kier alpha value is -2.64. The van der Waals surface area contributed by atoms with E-state index in [2.05, 4.69) is 15.3 Å². The van der Waals surface area contributed by atoms with Crippen molar-refractivity contribution in [1.29, 1.82) is 0 Å². The minimum absolute atomic E-state index is 0.186. The average Bonchev–Trinajstić information content (AvgIpc) is 3.16. The first kappa shape index (κ1) is 15.3. The van der Waals surface area contributed by atoms with Crippen molar-refractivity contribution >= 4 is 11.6 Å². The number of aromatic nitrogens is 3. The fraction of sp³-hybridized carbons (Fsp3) is 0.467. The van der Waals surface area contributed by atoms with Crippen LogP contribution in [0.2, 0.25) is 0 Å². The highest BCUT2D eigenvalue weighted by molar-refractivity contribution is 5.52. The number of hydrogen-bond donors (Lipinski definition) is 1. The summed E-state index contributed by atoms with van der Waals surface area (Å²) in [5.74, 6) is 0.775. The Balaban J connectivity index is 1.73. The molecule has 0 spiro atoms. The molecule has 0 unspecified atom stereocenters. The molecule has 3 rings (SSSR count). The lowest BCUT2D eigenvalue weighted by molar-refractivity contribution is -0.388. The molecule has 122 valence electrons. The second kappa shape index (κ2) is 6.64. The van der Waals surface area contributed by atoms with Crippen LogP contribution in [0.1, 0.15) is 31.2 Å². The second-order valence-corrected chi connectivity index (χ2v) is 5.63. The molecular weight excluding hydrogens is 298 g/mol. The van der Waals surface area contributed by atoms with Crippen LogP contribution in [0.25, 0.3) is 0 Å². The van der Waals surface area contributed by atoms with Crippen molar-refractivity contribution < 1.29 is 9.66 Å². The van der Waals surface area contributed by atoms with E-state index < -0.39 is 4.92 Å². The molecule has 0 aliphatic heterocycles. The number of ether oxygens (including phenoxy) is 1. The van der Waals surface area contributed by atoms with Crippen LogP contribution in [-0.2, 0) is 13.6 Å². The molecule has 1 aliphatic carbocycles. The molecule has 1 saturated carbocycles. The van der Waals surface area contributed by atoms with Crippen LogP contribution in [0, 0.1) is 10.1 Å². The van der Waals surface area contributed by atoms with Crippen molar-refractivity contribution in [3.8, 4) is 5.88 Å². The molecule has 1 N–H and O–H groups in total. The van der Waals surface area contributed by atoms with Crippen molar-refractivity contribution in [3.05, 3.63) is 40.3 Å². The normalized spacial score (nSPS) is 14.8. The Bertz CT molecular complexity index is 694. The Morgan fingerprint density at radius 1 is 1.43 bits per heavy atom. The molecular formula is C15H19N5O3. The van der Waals surface area contributed by atoms with E-state index in [-0.39, 0.29) is 11.9 Å². The maximum Gasteiger partial charge on any atom is 0.406 e. The number of imidazole rings is 1. The lowest BCUT2D eigenvalue weighted by Crippen LogP contribution is -2.14. The quantitative estimate of drug-likeness (QED) is 0.650. The number of nitrogens with zero attached hydrogens (tertiary/aromatic N) is 4. The predicted octanol–water partition coefficient (Wildman–Crippen LogP) is 2.66. The van der Waals surface area contributed by atoms with Crippen LogP contribution >= 0.6 is 0 Å². The molecule has 0 saturated heterocycles. The number of hydrogen-bond acceptors (Lipinski definition) is 6. The molecule has 0 aromatic carbocycles. The van der Waals surface area contributed by atoms with E-state index in [4.69, 9.17) is 4.74 Å². The van der Waals surface area contributed by atoms with E-state index in [9.17, 15) is 10.1 Å². The molecule has 1 aliphatic rings. The predicted molar refractivity (Wildman–Crippen MR) is 84.3 cm³/mol. The fourth-order valence-electron chi connectivity index (χ4n) is 2.76. The molecule has 8 heteroatoms. The lowest BCUT2D eigenvalue weighted by atomic mass is 10.2. The first-order valence-corrected chi connectivity index (χ1v) is 7.65. The molecule has 0 bridgehead atoms. The van der Waals surface area contributed by atoms with Gasteiger partial charge in [0.25, 0.3) is 0 Å².